The van der Waals surface area contributed by atoms with Gasteiger partial charge in [-0.05, 0) is 85.9 Å². The third kappa shape index (κ3) is 1.62. The van der Waals surface area contributed by atoms with Gasteiger partial charge in [0.2, 0.25) is 0 Å². The van der Waals surface area contributed by atoms with Crippen LogP contribution in [0.25, 0.3) is 0 Å². The predicted molar refractivity (Wildman–Crippen MR) is 86.9 cm³/mol. The van der Waals surface area contributed by atoms with Crippen LogP contribution in [-0.2, 0) is 0 Å². The van der Waals surface area contributed by atoms with Crippen molar-refractivity contribution in [1.29, 1.82) is 0 Å². The normalized spacial score (nSPS) is 55.6. The molecular weight excluding hydrogens is 256 g/mol. The number of fused-ring (bicyclic) bond motifs is 2. The average Bonchev–Trinajstić information content (AvgIpc) is 2.85. The van der Waals surface area contributed by atoms with Gasteiger partial charge in [-0.25, -0.2) is 0 Å². The highest BCUT2D eigenvalue weighted by Gasteiger charge is 2.65. The first-order valence-electron chi connectivity index (χ1n) is 9.24. The Morgan fingerprint density at radius 1 is 1.14 bits per heavy atom. The zero-order valence-electron chi connectivity index (χ0n) is 14.1. The molecule has 0 heterocycles. The second-order valence-corrected chi connectivity index (χ2v) is 9.33. The minimum atomic E-state index is 0.182. The Morgan fingerprint density at radius 3 is 2.71 bits per heavy atom. The van der Waals surface area contributed by atoms with Crippen LogP contribution < -0.4 is 0 Å². The van der Waals surface area contributed by atoms with Crippen LogP contribution in [0.1, 0.15) is 72.1 Å². The molecule has 21 heavy (non-hydrogen) atoms. The van der Waals surface area contributed by atoms with Crippen molar-refractivity contribution in [3.63, 3.8) is 0 Å². The largest absolute Gasteiger partial charge is 0.396 e. The Balaban J connectivity index is 1.80. The lowest BCUT2D eigenvalue weighted by Crippen LogP contribution is -2.59. The summed E-state index contributed by atoms with van der Waals surface area (Å²) in [6.45, 7) is 7.77. The van der Waals surface area contributed by atoms with Crippen molar-refractivity contribution >= 4 is 0 Å². The molecule has 3 saturated carbocycles. The lowest BCUT2D eigenvalue weighted by Gasteiger charge is -2.65. The van der Waals surface area contributed by atoms with E-state index in [1.807, 2.05) is 0 Å². The molecule has 0 radical (unpaired) electrons. The van der Waals surface area contributed by atoms with Gasteiger partial charge in [-0.3, -0.25) is 0 Å². The molecule has 4 aliphatic carbocycles. The van der Waals surface area contributed by atoms with E-state index in [1.165, 1.54) is 51.4 Å². The van der Waals surface area contributed by atoms with Crippen molar-refractivity contribution in [2.75, 3.05) is 6.61 Å². The number of aliphatic hydroxyl groups excluding tert-OH is 1. The van der Waals surface area contributed by atoms with Crippen LogP contribution in [0, 0.1) is 34.0 Å². The van der Waals surface area contributed by atoms with E-state index in [9.17, 15) is 5.11 Å². The first-order valence-corrected chi connectivity index (χ1v) is 9.24. The van der Waals surface area contributed by atoms with E-state index in [2.05, 4.69) is 26.8 Å². The van der Waals surface area contributed by atoms with Crippen LogP contribution in [0.5, 0.6) is 0 Å². The second-order valence-electron chi connectivity index (χ2n) is 9.33. The SMILES string of the molecule is CC1=C[C@H]2CC[C@@H]3[C@@](C)(CO)CCC[C@@]3(C)[C@]23CC[C@H]1C3. The fraction of sp³-hybridized carbons (Fsp3) is 0.900. The highest BCUT2D eigenvalue weighted by Crippen LogP contribution is 2.73. The van der Waals surface area contributed by atoms with Crippen molar-refractivity contribution in [2.24, 2.45) is 34.0 Å². The van der Waals surface area contributed by atoms with E-state index in [0.29, 0.717) is 17.4 Å². The maximum atomic E-state index is 10.1. The maximum absolute atomic E-state index is 10.1. The molecule has 4 rings (SSSR count). The average molecular weight is 288 g/mol. The van der Waals surface area contributed by atoms with Gasteiger partial charge in [-0.2, -0.15) is 0 Å². The van der Waals surface area contributed by atoms with Crippen molar-refractivity contribution in [3.8, 4) is 0 Å². The van der Waals surface area contributed by atoms with E-state index >= 15 is 0 Å². The molecule has 0 amide bonds. The Morgan fingerprint density at radius 2 is 1.95 bits per heavy atom. The molecule has 0 saturated heterocycles. The van der Waals surface area contributed by atoms with Crippen molar-refractivity contribution in [1.82, 2.24) is 0 Å². The third-order valence-corrected chi connectivity index (χ3v) is 8.69. The standard InChI is InChI=1S/C20H32O/c1-14-11-16-5-6-17-18(2,13-21)8-4-9-19(17,3)20(16)10-7-15(14)12-20/h11,15-17,21H,4-10,12-13H2,1-3H3/t15-,16+,17+,18+,19+,20-/m0/s1. The minimum absolute atomic E-state index is 0.182. The molecule has 2 bridgehead atoms. The summed E-state index contributed by atoms with van der Waals surface area (Å²) in [4.78, 5) is 0. The van der Waals surface area contributed by atoms with Crippen LogP contribution in [0.4, 0.5) is 0 Å². The Labute approximate surface area is 130 Å². The summed E-state index contributed by atoms with van der Waals surface area (Å²) in [5.41, 5.74) is 2.91. The molecule has 1 nitrogen and oxygen atoms in total. The summed E-state index contributed by atoms with van der Waals surface area (Å²) < 4.78 is 0. The summed E-state index contributed by atoms with van der Waals surface area (Å²) in [6.07, 6.45) is 13.7. The fourth-order valence-electron chi connectivity index (χ4n) is 7.49. The maximum Gasteiger partial charge on any atom is 0.0487 e. The summed E-state index contributed by atoms with van der Waals surface area (Å²) >= 11 is 0. The molecule has 0 aliphatic heterocycles. The first-order chi connectivity index (χ1) is 9.95. The van der Waals surface area contributed by atoms with E-state index in [4.69, 9.17) is 0 Å². The molecule has 4 aliphatic rings. The number of rotatable bonds is 1. The monoisotopic (exact) mass is 288 g/mol. The van der Waals surface area contributed by atoms with Gasteiger partial charge >= 0.3 is 0 Å². The number of hydrogen-bond acceptors (Lipinski definition) is 1. The van der Waals surface area contributed by atoms with E-state index < -0.39 is 0 Å². The van der Waals surface area contributed by atoms with E-state index in [-0.39, 0.29) is 5.41 Å². The molecule has 0 unspecified atom stereocenters. The van der Waals surface area contributed by atoms with Crippen LogP contribution in [-0.4, -0.2) is 11.7 Å². The molecule has 0 aromatic rings. The molecule has 3 fully saturated rings. The van der Waals surface area contributed by atoms with Gasteiger partial charge in [0.05, 0.1) is 0 Å². The van der Waals surface area contributed by atoms with Crippen molar-refractivity contribution < 1.29 is 5.11 Å². The zero-order chi connectivity index (χ0) is 14.9. The molecule has 1 spiro atoms. The first kappa shape index (κ1) is 14.3. The molecule has 0 aromatic heterocycles. The Bertz CT molecular complexity index is 480. The second kappa shape index (κ2) is 4.37. The van der Waals surface area contributed by atoms with Crippen LogP contribution in [0.3, 0.4) is 0 Å². The molecule has 1 heteroatoms. The molecule has 1 N–H and O–H groups in total. The van der Waals surface area contributed by atoms with Gasteiger partial charge < -0.3 is 5.11 Å². The summed E-state index contributed by atoms with van der Waals surface area (Å²) in [7, 11) is 0. The van der Waals surface area contributed by atoms with Crippen LogP contribution >= 0.6 is 0 Å². The number of aliphatic hydroxyl groups is 1. The quantitative estimate of drug-likeness (QED) is 0.677. The molecular formula is C20H32O. The third-order valence-electron chi connectivity index (χ3n) is 8.69. The summed E-state index contributed by atoms with van der Waals surface area (Å²) in [6, 6.07) is 0. The smallest absolute Gasteiger partial charge is 0.0487 e. The predicted octanol–water partition coefficient (Wildman–Crippen LogP) is 4.95. The van der Waals surface area contributed by atoms with E-state index in [1.54, 1.807) is 5.57 Å². The van der Waals surface area contributed by atoms with Gasteiger partial charge in [-0.1, -0.05) is 31.9 Å². The minimum Gasteiger partial charge on any atom is -0.396 e. The van der Waals surface area contributed by atoms with Crippen LogP contribution in [0.2, 0.25) is 0 Å². The fourth-order valence-corrected chi connectivity index (χ4v) is 7.49. The Hall–Kier alpha value is -0.300. The van der Waals surface area contributed by atoms with E-state index in [0.717, 1.165) is 17.8 Å². The topological polar surface area (TPSA) is 20.2 Å². The van der Waals surface area contributed by atoms with Gasteiger partial charge in [0.15, 0.2) is 0 Å². The summed E-state index contributed by atoms with van der Waals surface area (Å²) in [5.74, 6) is 2.45. The lowest BCUT2D eigenvalue weighted by atomic mass is 9.39. The van der Waals surface area contributed by atoms with Gasteiger partial charge in [0.1, 0.15) is 0 Å². The number of allylic oxidation sites excluding steroid dienone is 2. The van der Waals surface area contributed by atoms with Gasteiger partial charge in [0.25, 0.3) is 0 Å². The zero-order valence-corrected chi connectivity index (χ0v) is 14.1. The number of hydrogen-bond donors (Lipinski definition) is 1. The van der Waals surface area contributed by atoms with Crippen molar-refractivity contribution in [3.05, 3.63) is 11.6 Å². The van der Waals surface area contributed by atoms with Gasteiger partial charge in [-0.15, -0.1) is 0 Å². The highest BCUT2D eigenvalue weighted by molar-refractivity contribution is 5.25. The Kier molecular flexibility index (Phi) is 2.98. The molecule has 6 atom stereocenters. The lowest BCUT2D eigenvalue weighted by molar-refractivity contribution is -0.165. The van der Waals surface area contributed by atoms with Crippen molar-refractivity contribution in [2.45, 2.75) is 72.1 Å². The molecule has 118 valence electrons. The van der Waals surface area contributed by atoms with Gasteiger partial charge in [0, 0.05) is 6.61 Å². The van der Waals surface area contributed by atoms with Crippen LogP contribution in [0.15, 0.2) is 11.6 Å². The molecule has 0 aromatic carbocycles. The summed E-state index contributed by atoms with van der Waals surface area (Å²) in [5, 5.41) is 10.1. The highest BCUT2D eigenvalue weighted by atomic mass is 16.3.